The number of rotatable bonds is 5. The number of carbonyl (C=O) groups excluding carboxylic acids is 3. The van der Waals surface area contributed by atoms with Crippen molar-refractivity contribution in [2.45, 2.75) is 38.6 Å². The largest absolute Gasteiger partial charge is 0.472 e. The summed E-state index contributed by atoms with van der Waals surface area (Å²) in [6.45, 7) is 3.08. The van der Waals surface area contributed by atoms with Crippen LogP contribution in [0.25, 0.3) is 0 Å². The first-order valence-electron chi connectivity index (χ1n) is 9.55. The molecule has 0 bridgehead atoms. The SMILES string of the molecule is Cc1cc(NC(=O)C2CC2)sc1C(=O)NC1CCN(C(=O)c2ccoc2)CC1. The van der Waals surface area contributed by atoms with Crippen molar-refractivity contribution in [1.29, 1.82) is 0 Å². The second-order valence-corrected chi connectivity index (χ2v) is 8.49. The fourth-order valence-electron chi connectivity index (χ4n) is 3.38. The first-order valence-corrected chi connectivity index (χ1v) is 10.4. The molecule has 2 aliphatic rings. The molecule has 0 radical (unpaired) electrons. The monoisotopic (exact) mass is 401 g/mol. The van der Waals surface area contributed by atoms with Crippen LogP contribution < -0.4 is 10.6 Å². The second kappa shape index (κ2) is 7.79. The zero-order chi connectivity index (χ0) is 19.7. The Morgan fingerprint density at radius 1 is 1.18 bits per heavy atom. The molecule has 0 spiro atoms. The molecule has 1 aliphatic heterocycles. The predicted molar refractivity (Wildman–Crippen MR) is 106 cm³/mol. The third-order valence-electron chi connectivity index (χ3n) is 5.20. The summed E-state index contributed by atoms with van der Waals surface area (Å²) in [5, 5.41) is 6.70. The molecular weight excluding hydrogens is 378 g/mol. The molecule has 148 valence electrons. The summed E-state index contributed by atoms with van der Waals surface area (Å²) in [4.78, 5) is 39.3. The Morgan fingerprint density at radius 3 is 2.57 bits per heavy atom. The second-order valence-electron chi connectivity index (χ2n) is 7.44. The highest BCUT2D eigenvalue weighted by molar-refractivity contribution is 7.18. The number of piperidine rings is 1. The van der Waals surface area contributed by atoms with Gasteiger partial charge in [0, 0.05) is 25.0 Å². The summed E-state index contributed by atoms with van der Waals surface area (Å²) in [6, 6.07) is 3.55. The molecule has 8 heteroatoms. The van der Waals surface area contributed by atoms with E-state index in [0.29, 0.717) is 36.4 Å². The van der Waals surface area contributed by atoms with Crippen molar-refractivity contribution in [3.8, 4) is 0 Å². The van der Waals surface area contributed by atoms with Crippen molar-refractivity contribution in [2.75, 3.05) is 18.4 Å². The number of thiophene rings is 1. The third-order valence-corrected chi connectivity index (χ3v) is 6.36. The Balaban J connectivity index is 1.30. The Hall–Kier alpha value is -2.61. The summed E-state index contributed by atoms with van der Waals surface area (Å²) < 4.78 is 4.97. The number of nitrogens with zero attached hydrogens (tertiary/aromatic N) is 1. The molecule has 2 N–H and O–H groups in total. The summed E-state index contributed by atoms with van der Waals surface area (Å²) in [5.74, 6) is 0.0233. The maximum atomic E-state index is 12.7. The molecule has 4 rings (SSSR count). The fourth-order valence-corrected chi connectivity index (χ4v) is 4.36. The minimum absolute atomic E-state index is 0.0342. The van der Waals surface area contributed by atoms with Crippen molar-refractivity contribution in [3.63, 3.8) is 0 Å². The molecule has 3 heterocycles. The van der Waals surface area contributed by atoms with Crippen LogP contribution in [0, 0.1) is 12.8 Å². The van der Waals surface area contributed by atoms with Gasteiger partial charge in [0.05, 0.1) is 21.7 Å². The number of nitrogens with one attached hydrogen (secondary N) is 2. The Kier molecular flexibility index (Phi) is 5.21. The maximum absolute atomic E-state index is 12.7. The van der Waals surface area contributed by atoms with Gasteiger partial charge < -0.3 is 20.0 Å². The van der Waals surface area contributed by atoms with Gasteiger partial charge in [-0.1, -0.05) is 0 Å². The molecular formula is C20H23N3O4S. The molecule has 0 atom stereocenters. The number of hydrogen-bond donors (Lipinski definition) is 2. The van der Waals surface area contributed by atoms with Crippen molar-refractivity contribution >= 4 is 34.1 Å². The predicted octanol–water partition coefficient (Wildman–Crippen LogP) is 3.03. The minimum Gasteiger partial charge on any atom is -0.472 e. The van der Waals surface area contributed by atoms with Gasteiger partial charge in [-0.05, 0) is 50.3 Å². The van der Waals surface area contributed by atoms with Crippen LogP contribution in [0.2, 0.25) is 0 Å². The highest BCUT2D eigenvalue weighted by Gasteiger charge is 2.30. The first kappa shape index (κ1) is 18.7. The summed E-state index contributed by atoms with van der Waals surface area (Å²) in [7, 11) is 0. The highest BCUT2D eigenvalue weighted by atomic mass is 32.1. The number of hydrogen-bond acceptors (Lipinski definition) is 5. The molecule has 1 saturated carbocycles. The van der Waals surface area contributed by atoms with E-state index < -0.39 is 0 Å². The number of amides is 3. The van der Waals surface area contributed by atoms with E-state index in [4.69, 9.17) is 4.42 Å². The van der Waals surface area contributed by atoms with Crippen LogP contribution in [-0.4, -0.2) is 41.8 Å². The zero-order valence-corrected chi connectivity index (χ0v) is 16.5. The van der Waals surface area contributed by atoms with Gasteiger partial charge in [0.25, 0.3) is 11.8 Å². The molecule has 1 saturated heterocycles. The van der Waals surface area contributed by atoms with Crippen molar-refractivity contribution in [2.24, 2.45) is 5.92 Å². The van der Waals surface area contributed by atoms with Gasteiger partial charge in [-0.15, -0.1) is 11.3 Å². The van der Waals surface area contributed by atoms with E-state index in [1.807, 2.05) is 13.0 Å². The molecule has 28 heavy (non-hydrogen) atoms. The van der Waals surface area contributed by atoms with Crippen LogP contribution in [0.15, 0.2) is 29.1 Å². The van der Waals surface area contributed by atoms with Gasteiger partial charge in [0.15, 0.2) is 0 Å². The molecule has 2 fully saturated rings. The maximum Gasteiger partial charge on any atom is 0.261 e. The minimum atomic E-state index is -0.117. The lowest BCUT2D eigenvalue weighted by atomic mass is 10.0. The molecule has 3 amide bonds. The molecule has 0 unspecified atom stereocenters. The number of likely N-dealkylation sites (tertiary alicyclic amines) is 1. The van der Waals surface area contributed by atoms with Crippen LogP contribution in [0.1, 0.15) is 51.3 Å². The lowest BCUT2D eigenvalue weighted by molar-refractivity contribution is -0.117. The fraction of sp³-hybridized carbons (Fsp3) is 0.450. The van der Waals surface area contributed by atoms with E-state index in [1.54, 1.807) is 11.0 Å². The standard InChI is InChI=1S/C20H23N3O4S/c1-12-10-16(22-18(24)13-2-3-13)28-17(12)19(25)21-15-4-7-23(8-5-15)20(26)14-6-9-27-11-14/h6,9-11,13,15H,2-5,7-8H2,1H3,(H,21,25)(H,22,24). The van der Waals surface area contributed by atoms with E-state index in [-0.39, 0.29) is 29.7 Å². The van der Waals surface area contributed by atoms with Crippen molar-refractivity contribution in [1.82, 2.24) is 10.2 Å². The van der Waals surface area contributed by atoms with Gasteiger partial charge in [-0.2, -0.15) is 0 Å². The van der Waals surface area contributed by atoms with Gasteiger partial charge in [0.2, 0.25) is 5.91 Å². The average Bonchev–Trinajstić information content (AvgIpc) is 3.27. The molecule has 2 aromatic heterocycles. The van der Waals surface area contributed by atoms with Gasteiger partial charge >= 0.3 is 0 Å². The van der Waals surface area contributed by atoms with Crippen molar-refractivity contribution in [3.05, 3.63) is 40.7 Å². The van der Waals surface area contributed by atoms with E-state index in [1.165, 1.54) is 23.9 Å². The van der Waals surface area contributed by atoms with Crippen LogP contribution in [-0.2, 0) is 4.79 Å². The van der Waals surface area contributed by atoms with E-state index in [2.05, 4.69) is 10.6 Å². The average molecular weight is 401 g/mol. The number of carbonyl (C=O) groups is 3. The Morgan fingerprint density at radius 2 is 1.93 bits per heavy atom. The topological polar surface area (TPSA) is 91.7 Å². The van der Waals surface area contributed by atoms with Gasteiger partial charge in [0.1, 0.15) is 6.26 Å². The number of aryl methyl sites for hydroxylation is 1. The summed E-state index contributed by atoms with van der Waals surface area (Å²) in [6.07, 6.45) is 6.27. The lowest BCUT2D eigenvalue weighted by Gasteiger charge is -2.32. The lowest BCUT2D eigenvalue weighted by Crippen LogP contribution is -2.46. The zero-order valence-electron chi connectivity index (χ0n) is 15.7. The molecule has 0 aromatic carbocycles. The third kappa shape index (κ3) is 4.11. The van der Waals surface area contributed by atoms with E-state index in [0.717, 1.165) is 23.4 Å². The van der Waals surface area contributed by atoms with Gasteiger partial charge in [-0.3, -0.25) is 14.4 Å². The molecule has 2 aromatic rings. The van der Waals surface area contributed by atoms with E-state index >= 15 is 0 Å². The molecule has 7 nitrogen and oxygen atoms in total. The Bertz CT molecular complexity index is 877. The van der Waals surface area contributed by atoms with Gasteiger partial charge in [-0.25, -0.2) is 0 Å². The number of anilines is 1. The molecule has 1 aliphatic carbocycles. The highest BCUT2D eigenvalue weighted by Crippen LogP contribution is 2.33. The van der Waals surface area contributed by atoms with Crippen molar-refractivity contribution < 1.29 is 18.8 Å². The number of furan rings is 1. The van der Waals surface area contributed by atoms with Crippen LogP contribution in [0.3, 0.4) is 0 Å². The quantitative estimate of drug-likeness (QED) is 0.806. The van der Waals surface area contributed by atoms with Crippen LogP contribution in [0.5, 0.6) is 0 Å². The smallest absolute Gasteiger partial charge is 0.261 e. The Labute approximate surface area is 167 Å². The summed E-state index contributed by atoms with van der Waals surface area (Å²) in [5.41, 5.74) is 1.42. The normalized spacial score (nSPS) is 17.4. The van der Waals surface area contributed by atoms with Crippen LogP contribution in [0.4, 0.5) is 5.00 Å². The van der Waals surface area contributed by atoms with E-state index in [9.17, 15) is 14.4 Å². The van der Waals surface area contributed by atoms with Crippen LogP contribution >= 0.6 is 11.3 Å². The first-order chi connectivity index (χ1) is 13.5. The summed E-state index contributed by atoms with van der Waals surface area (Å²) >= 11 is 1.31.